The number of benzene rings is 1. The van der Waals surface area contributed by atoms with Gasteiger partial charge in [0.05, 0.1) is 6.54 Å². The van der Waals surface area contributed by atoms with Crippen LogP contribution in [0.3, 0.4) is 0 Å². The van der Waals surface area contributed by atoms with Crippen molar-refractivity contribution < 1.29 is 0 Å². The first-order valence-corrected chi connectivity index (χ1v) is 7.12. The van der Waals surface area contributed by atoms with Crippen LogP contribution in [0.5, 0.6) is 0 Å². The van der Waals surface area contributed by atoms with Crippen LogP contribution >= 0.6 is 45.8 Å². The topological polar surface area (TPSA) is 22.0 Å². The minimum atomic E-state index is -0.0519. The summed E-state index contributed by atoms with van der Waals surface area (Å²) in [6, 6.07) is 6.95. The van der Waals surface area contributed by atoms with Gasteiger partial charge >= 0.3 is 0 Å². The Balaban J connectivity index is 2.47. The van der Waals surface area contributed by atoms with Gasteiger partial charge < -0.3 is 4.57 Å². The van der Waals surface area contributed by atoms with Crippen molar-refractivity contribution in [3.05, 3.63) is 65.6 Å². The quantitative estimate of drug-likeness (QED) is 0.703. The molecular formula is C13H10Cl2INO. The molecule has 0 fully saturated rings. The van der Waals surface area contributed by atoms with E-state index < -0.39 is 0 Å². The van der Waals surface area contributed by atoms with Crippen LogP contribution < -0.4 is 5.56 Å². The summed E-state index contributed by atoms with van der Waals surface area (Å²) in [7, 11) is 0. The van der Waals surface area contributed by atoms with E-state index in [1.807, 2.05) is 13.1 Å². The van der Waals surface area contributed by atoms with Crippen LogP contribution in [-0.4, -0.2) is 4.57 Å². The second-order valence-electron chi connectivity index (χ2n) is 3.97. The average molecular weight is 394 g/mol. The molecule has 0 N–H and O–H groups in total. The Labute approximate surface area is 129 Å². The highest BCUT2D eigenvalue weighted by molar-refractivity contribution is 14.1. The lowest BCUT2D eigenvalue weighted by Crippen LogP contribution is -2.20. The lowest BCUT2D eigenvalue weighted by Gasteiger charge is -2.10. The Bertz CT molecular complexity index is 632. The second-order valence-corrected chi connectivity index (χ2v) is 5.95. The number of halogens is 3. The summed E-state index contributed by atoms with van der Waals surface area (Å²) < 4.78 is 2.65. The van der Waals surface area contributed by atoms with Gasteiger partial charge in [0.15, 0.2) is 0 Å². The van der Waals surface area contributed by atoms with Gasteiger partial charge in [-0.25, -0.2) is 0 Å². The van der Waals surface area contributed by atoms with E-state index in [4.69, 9.17) is 23.2 Å². The van der Waals surface area contributed by atoms with Crippen LogP contribution in [0, 0.1) is 10.5 Å². The van der Waals surface area contributed by atoms with E-state index in [0.29, 0.717) is 16.6 Å². The van der Waals surface area contributed by atoms with E-state index in [-0.39, 0.29) is 5.56 Å². The summed E-state index contributed by atoms with van der Waals surface area (Å²) in [5.74, 6) is 0. The van der Waals surface area contributed by atoms with Crippen LogP contribution in [0.2, 0.25) is 10.0 Å². The molecule has 18 heavy (non-hydrogen) atoms. The summed E-state index contributed by atoms with van der Waals surface area (Å²) in [6.07, 6.45) is 1.82. The van der Waals surface area contributed by atoms with E-state index in [1.165, 1.54) is 0 Å². The van der Waals surface area contributed by atoms with Crippen LogP contribution in [0.1, 0.15) is 11.1 Å². The molecule has 0 aliphatic heterocycles. The first kappa shape index (κ1) is 13.9. The number of aromatic nitrogens is 1. The Hall–Kier alpha value is -0.520. The zero-order valence-corrected chi connectivity index (χ0v) is 13.3. The van der Waals surface area contributed by atoms with Crippen molar-refractivity contribution in [2.45, 2.75) is 13.5 Å². The van der Waals surface area contributed by atoms with Crippen molar-refractivity contribution in [2.75, 3.05) is 0 Å². The molecule has 1 heterocycles. The van der Waals surface area contributed by atoms with Crippen LogP contribution in [0.25, 0.3) is 0 Å². The Morgan fingerprint density at radius 2 is 1.89 bits per heavy atom. The first-order valence-electron chi connectivity index (χ1n) is 5.28. The zero-order valence-electron chi connectivity index (χ0n) is 9.58. The van der Waals surface area contributed by atoms with Crippen molar-refractivity contribution in [3.63, 3.8) is 0 Å². The summed E-state index contributed by atoms with van der Waals surface area (Å²) in [6.45, 7) is 2.30. The highest BCUT2D eigenvalue weighted by Gasteiger charge is 2.08. The van der Waals surface area contributed by atoms with Gasteiger partial charge in [0.2, 0.25) is 0 Å². The minimum Gasteiger partial charge on any atom is -0.310 e. The largest absolute Gasteiger partial charge is 0.310 e. The Morgan fingerprint density at radius 3 is 2.50 bits per heavy atom. The van der Waals surface area contributed by atoms with E-state index in [9.17, 15) is 4.79 Å². The van der Waals surface area contributed by atoms with Crippen LogP contribution in [0.4, 0.5) is 0 Å². The van der Waals surface area contributed by atoms with Gasteiger partial charge in [0.1, 0.15) is 0 Å². The second kappa shape index (κ2) is 5.63. The van der Waals surface area contributed by atoms with Gasteiger partial charge in [-0.15, -0.1) is 0 Å². The maximum absolute atomic E-state index is 11.9. The third kappa shape index (κ3) is 2.90. The number of aryl methyl sites for hydroxylation is 1. The van der Waals surface area contributed by atoms with Crippen LogP contribution in [0.15, 0.2) is 35.3 Å². The predicted octanol–water partition coefficient (Wildman–Crippen LogP) is 4.12. The molecule has 0 saturated carbocycles. The maximum Gasteiger partial charge on any atom is 0.251 e. The highest BCUT2D eigenvalue weighted by Crippen LogP contribution is 2.24. The molecule has 0 unspecified atom stereocenters. The smallest absolute Gasteiger partial charge is 0.251 e. The van der Waals surface area contributed by atoms with Crippen molar-refractivity contribution in [3.8, 4) is 0 Å². The molecule has 2 nitrogen and oxygen atoms in total. The fourth-order valence-electron chi connectivity index (χ4n) is 1.62. The highest BCUT2D eigenvalue weighted by atomic mass is 127. The molecule has 94 valence electrons. The van der Waals surface area contributed by atoms with Crippen LogP contribution in [-0.2, 0) is 6.54 Å². The number of pyridine rings is 1. The summed E-state index contributed by atoms with van der Waals surface area (Å²) in [5, 5.41) is 1.15. The normalized spacial score (nSPS) is 10.7. The molecule has 0 bridgehead atoms. The van der Waals surface area contributed by atoms with Gasteiger partial charge in [0.25, 0.3) is 5.56 Å². The molecule has 2 rings (SSSR count). The monoisotopic (exact) mass is 393 g/mol. The van der Waals surface area contributed by atoms with E-state index >= 15 is 0 Å². The van der Waals surface area contributed by atoms with Gasteiger partial charge in [-0.05, 0) is 47.2 Å². The lowest BCUT2D eigenvalue weighted by molar-refractivity contribution is 0.753. The van der Waals surface area contributed by atoms with Gasteiger partial charge in [-0.2, -0.15) is 0 Å². The molecule has 5 heteroatoms. The summed E-state index contributed by atoms with van der Waals surface area (Å²) in [4.78, 5) is 11.9. The Morgan fingerprint density at radius 1 is 1.28 bits per heavy atom. The lowest BCUT2D eigenvalue weighted by atomic mass is 10.2. The third-order valence-corrected chi connectivity index (χ3v) is 4.50. The summed E-state index contributed by atoms with van der Waals surface area (Å²) in [5.41, 5.74) is 1.69. The number of nitrogens with zero attached hydrogens (tertiary/aromatic N) is 1. The van der Waals surface area contributed by atoms with E-state index in [1.54, 1.807) is 28.8 Å². The average Bonchev–Trinajstić information content (AvgIpc) is 2.30. The summed E-state index contributed by atoms with van der Waals surface area (Å²) >= 11 is 14.4. The fourth-order valence-corrected chi connectivity index (χ4v) is 2.63. The van der Waals surface area contributed by atoms with Crippen molar-refractivity contribution >= 4 is 45.8 Å². The Kier molecular flexibility index (Phi) is 4.35. The maximum atomic E-state index is 11.9. The van der Waals surface area contributed by atoms with E-state index in [0.717, 1.165) is 14.7 Å². The molecule has 0 atom stereocenters. The minimum absolute atomic E-state index is 0.0519. The zero-order chi connectivity index (χ0) is 13.3. The first-order chi connectivity index (χ1) is 8.49. The van der Waals surface area contributed by atoms with Gasteiger partial charge in [-0.3, -0.25) is 4.79 Å². The fraction of sp³-hybridized carbons (Fsp3) is 0.154. The molecule has 0 aliphatic rings. The predicted molar refractivity (Wildman–Crippen MR) is 83.7 cm³/mol. The van der Waals surface area contributed by atoms with Gasteiger partial charge in [0, 0.05) is 31.4 Å². The molecular weight excluding hydrogens is 384 g/mol. The van der Waals surface area contributed by atoms with E-state index in [2.05, 4.69) is 22.6 Å². The van der Waals surface area contributed by atoms with Crippen molar-refractivity contribution in [2.24, 2.45) is 0 Å². The molecule has 0 saturated heterocycles. The van der Waals surface area contributed by atoms with Crippen molar-refractivity contribution in [1.82, 2.24) is 4.57 Å². The molecule has 1 aromatic carbocycles. The number of rotatable bonds is 2. The standard InChI is InChI=1S/C13H10Cl2INO/c1-8-5-13(18)17(7-12(8)16)6-9-10(14)3-2-4-11(9)15/h2-5,7H,6H2,1H3. The molecule has 0 amide bonds. The molecule has 0 radical (unpaired) electrons. The third-order valence-electron chi connectivity index (χ3n) is 2.66. The molecule has 0 spiro atoms. The molecule has 1 aromatic heterocycles. The SMILES string of the molecule is Cc1cc(=O)n(Cc2c(Cl)cccc2Cl)cc1I. The molecule has 0 aliphatic carbocycles. The molecule has 2 aromatic rings. The van der Waals surface area contributed by atoms with Gasteiger partial charge in [-0.1, -0.05) is 29.3 Å². The number of hydrogen-bond acceptors (Lipinski definition) is 1. The number of hydrogen-bond donors (Lipinski definition) is 0. The van der Waals surface area contributed by atoms with Crippen molar-refractivity contribution in [1.29, 1.82) is 0 Å².